The second-order valence-corrected chi connectivity index (χ2v) is 4.04. The fraction of sp³-hybridized carbons (Fsp3) is 0.286. The number of benzene rings is 1. The molecule has 0 saturated carbocycles. The van der Waals surface area contributed by atoms with Crippen molar-refractivity contribution in [2.75, 3.05) is 14.2 Å². The van der Waals surface area contributed by atoms with Crippen molar-refractivity contribution in [2.45, 2.75) is 13.3 Å². The molecule has 0 aromatic heterocycles. The molecule has 17 heavy (non-hydrogen) atoms. The highest BCUT2D eigenvalue weighted by atomic mass is 16.5. The van der Waals surface area contributed by atoms with Gasteiger partial charge in [-0.1, -0.05) is 11.6 Å². The summed E-state index contributed by atoms with van der Waals surface area (Å²) in [6.45, 7) is 2.00. The van der Waals surface area contributed by atoms with Crippen molar-refractivity contribution >= 4 is 17.6 Å². The van der Waals surface area contributed by atoms with E-state index in [1.165, 1.54) is 0 Å². The van der Waals surface area contributed by atoms with Crippen LogP contribution < -0.4 is 9.47 Å². The molecule has 1 aromatic carbocycles. The fourth-order valence-electron chi connectivity index (χ4n) is 2.06. The van der Waals surface area contributed by atoms with Crippen LogP contribution in [0.1, 0.15) is 24.5 Å². The highest BCUT2D eigenvalue weighted by Gasteiger charge is 2.18. The summed E-state index contributed by atoms with van der Waals surface area (Å²) in [6, 6.07) is 3.71. The SMILES string of the molecule is COc1cc2c(cc1OC)C(=C=O)CC(C)=C2. The van der Waals surface area contributed by atoms with Gasteiger partial charge in [-0.15, -0.1) is 0 Å². The van der Waals surface area contributed by atoms with E-state index in [-0.39, 0.29) is 0 Å². The lowest BCUT2D eigenvalue weighted by Gasteiger charge is -2.18. The molecule has 0 N–H and O–H groups in total. The number of hydrogen-bond donors (Lipinski definition) is 0. The van der Waals surface area contributed by atoms with E-state index < -0.39 is 0 Å². The van der Waals surface area contributed by atoms with E-state index in [0.29, 0.717) is 23.5 Å². The number of hydrogen-bond acceptors (Lipinski definition) is 3. The average molecular weight is 230 g/mol. The van der Waals surface area contributed by atoms with Gasteiger partial charge in [0.2, 0.25) is 0 Å². The van der Waals surface area contributed by atoms with E-state index in [1.807, 2.05) is 25.0 Å². The lowest BCUT2D eigenvalue weighted by Crippen LogP contribution is -2.00. The lowest BCUT2D eigenvalue weighted by atomic mass is 9.89. The summed E-state index contributed by atoms with van der Waals surface area (Å²) < 4.78 is 10.5. The van der Waals surface area contributed by atoms with Crippen molar-refractivity contribution in [1.29, 1.82) is 0 Å². The monoisotopic (exact) mass is 230 g/mol. The van der Waals surface area contributed by atoms with Crippen LogP contribution in [-0.2, 0) is 4.79 Å². The van der Waals surface area contributed by atoms with E-state index in [4.69, 9.17) is 9.47 Å². The Hall–Kier alpha value is -1.99. The molecule has 1 aromatic rings. The predicted molar refractivity (Wildman–Crippen MR) is 66.9 cm³/mol. The maximum atomic E-state index is 11.0. The van der Waals surface area contributed by atoms with Gasteiger partial charge in [0.15, 0.2) is 11.5 Å². The van der Waals surface area contributed by atoms with Crippen molar-refractivity contribution in [3.8, 4) is 11.5 Å². The largest absolute Gasteiger partial charge is 0.493 e. The standard InChI is InChI=1S/C14H14O3/c1-9-4-10-6-13(16-2)14(17-3)7-12(10)11(5-9)8-15/h4,6-7H,5H2,1-3H3. The lowest BCUT2D eigenvalue weighted by molar-refractivity contribution is 0.354. The number of ether oxygens (including phenoxy) is 2. The number of carbonyl (C=O) groups excluding carboxylic acids is 1. The fourth-order valence-corrected chi connectivity index (χ4v) is 2.06. The zero-order valence-electron chi connectivity index (χ0n) is 10.2. The molecule has 2 rings (SSSR count). The second-order valence-electron chi connectivity index (χ2n) is 4.04. The Bertz CT molecular complexity index is 535. The van der Waals surface area contributed by atoms with Crippen LogP contribution in [0.15, 0.2) is 17.7 Å². The Morgan fingerprint density at radius 2 is 1.82 bits per heavy atom. The first-order chi connectivity index (χ1) is 8.19. The molecule has 0 fully saturated rings. The van der Waals surface area contributed by atoms with Crippen molar-refractivity contribution in [1.82, 2.24) is 0 Å². The van der Waals surface area contributed by atoms with Gasteiger partial charge in [0.05, 0.1) is 14.2 Å². The van der Waals surface area contributed by atoms with Gasteiger partial charge in [-0.25, -0.2) is 4.79 Å². The summed E-state index contributed by atoms with van der Waals surface area (Å²) >= 11 is 0. The first-order valence-corrected chi connectivity index (χ1v) is 5.37. The average Bonchev–Trinajstić information content (AvgIpc) is 2.35. The van der Waals surface area contributed by atoms with Crippen LogP contribution in [0.3, 0.4) is 0 Å². The van der Waals surface area contributed by atoms with Gasteiger partial charge < -0.3 is 9.47 Å². The van der Waals surface area contributed by atoms with Crippen LogP contribution >= 0.6 is 0 Å². The Labute approximate surface area is 100 Å². The van der Waals surface area contributed by atoms with Gasteiger partial charge in [-0.3, -0.25) is 0 Å². The molecule has 0 unspecified atom stereocenters. The zero-order chi connectivity index (χ0) is 12.4. The molecule has 1 aliphatic rings. The Balaban J connectivity index is 2.68. The van der Waals surface area contributed by atoms with Crippen molar-refractivity contribution in [3.05, 3.63) is 28.8 Å². The van der Waals surface area contributed by atoms with Gasteiger partial charge in [0, 0.05) is 17.6 Å². The van der Waals surface area contributed by atoms with Crippen LogP contribution in [0, 0.1) is 0 Å². The normalized spacial score (nSPS) is 13.6. The van der Waals surface area contributed by atoms with Crippen LogP contribution in [0.5, 0.6) is 11.5 Å². The minimum atomic E-state index is 0.631. The van der Waals surface area contributed by atoms with E-state index >= 15 is 0 Å². The first kappa shape index (κ1) is 11.5. The van der Waals surface area contributed by atoms with Gasteiger partial charge >= 0.3 is 0 Å². The molecule has 3 heteroatoms. The van der Waals surface area contributed by atoms with Crippen LogP contribution in [0.25, 0.3) is 11.6 Å². The molecule has 0 radical (unpaired) electrons. The summed E-state index contributed by atoms with van der Waals surface area (Å²) in [5, 5.41) is 0. The maximum Gasteiger partial charge on any atom is 0.161 e. The predicted octanol–water partition coefficient (Wildman–Crippen LogP) is 2.73. The highest BCUT2D eigenvalue weighted by molar-refractivity contribution is 5.95. The molecule has 0 bridgehead atoms. The molecular weight excluding hydrogens is 216 g/mol. The quantitative estimate of drug-likeness (QED) is 0.733. The molecule has 0 saturated heterocycles. The molecule has 0 heterocycles. The third-order valence-electron chi connectivity index (χ3n) is 2.86. The summed E-state index contributed by atoms with van der Waals surface area (Å²) in [4.78, 5) is 11.0. The summed E-state index contributed by atoms with van der Waals surface area (Å²) in [7, 11) is 3.18. The zero-order valence-corrected chi connectivity index (χ0v) is 10.2. The van der Waals surface area contributed by atoms with E-state index in [2.05, 4.69) is 6.08 Å². The van der Waals surface area contributed by atoms with Crippen molar-refractivity contribution in [2.24, 2.45) is 0 Å². The molecule has 88 valence electrons. The molecular formula is C14H14O3. The number of methoxy groups -OCH3 is 2. The second kappa shape index (κ2) is 4.48. The smallest absolute Gasteiger partial charge is 0.161 e. The minimum absolute atomic E-state index is 0.631. The number of allylic oxidation sites excluding steroid dienone is 2. The molecule has 0 spiro atoms. The number of rotatable bonds is 2. The van der Waals surface area contributed by atoms with Gasteiger partial charge in [0.25, 0.3) is 0 Å². The highest BCUT2D eigenvalue weighted by Crippen LogP contribution is 2.38. The van der Waals surface area contributed by atoms with E-state index in [1.54, 1.807) is 14.2 Å². The molecule has 1 aliphatic carbocycles. The van der Waals surface area contributed by atoms with Crippen molar-refractivity contribution in [3.63, 3.8) is 0 Å². The summed E-state index contributed by atoms with van der Waals surface area (Å²) in [5.74, 6) is 3.31. The van der Waals surface area contributed by atoms with Gasteiger partial charge in [0.1, 0.15) is 5.94 Å². The van der Waals surface area contributed by atoms with E-state index in [9.17, 15) is 4.79 Å². The molecule has 0 amide bonds. The summed E-state index contributed by atoms with van der Waals surface area (Å²) in [6.07, 6.45) is 2.70. The minimum Gasteiger partial charge on any atom is -0.493 e. The van der Waals surface area contributed by atoms with Gasteiger partial charge in [-0.2, -0.15) is 0 Å². The summed E-state index contributed by atoms with van der Waals surface area (Å²) in [5.41, 5.74) is 3.66. The Morgan fingerprint density at radius 3 is 2.41 bits per heavy atom. The third kappa shape index (κ3) is 1.97. The van der Waals surface area contributed by atoms with Gasteiger partial charge in [-0.05, 0) is 24.6 Å². The Morgan fingerprint density at radius 1 is 1.18 bits per heavy atom. The van der Waals surface area contributed by atoms with Crippen LogP contribution in [-0.4, -0.2) is 20.2 Å². The molecule has 3 nitrogen and oxygen atoms in total. The van der Waals surface area contributed by atoms with Crippen LogP contribution in [0.4, 0.5) is 0 Å². The number of fused-ring (bicyclic) bond motifs is 1. The molecule has 0 aliphatic heterocycles. The molecule has 0 atom stereocenters. The third-order valence-corrected chi connectivity index (χ3v) is 2.86. The van der Waals surface area contributed by atoms with E-state index in [0.717, 1.165) is 16.7 Å². The topological polar surface area (TPSA) is 35.5 Å². The van der Waals surface area contributed by atoms with Crippen molar-refractivity contribution < 1.29 is 14.3 Å². The Kier molecular flexibility index (Phi) is 3.03. The first-order valence-electron chi connectivity index (χ1n) is 5.37. The van der Waals surface area contributed by atoms with Crippen LogP contribution in [0.2, 0.25) is 0 Å². The maximum absolute atomic E-state index is 11.0.